The van der Waals surface area contributed by atoms with Crippen molar-refractivity contribution in [2.45, 2.75) is 11.7 Å². The molecule has 0 aliphatic carbocycles. The second-order valence-electron chi connectivity index (χ2n) is 7.54. The maximum Gasteiger partial charge on any atom is 0.256 e. The van der Waals surface area contributed by atoms with Gasteiger partial charge in [0.25, 0.3) is 5.16 Å². The number of rotatable bonds is 9. The molecule has 0 aliphatic heterocycles. The van der Waals surface area contributed by atoms with E-state index in [0.717, 1.165) is 11.3 Å². The summed E-state index contributed by atoms with van der Waals surface area (Å²) >= 11 is 5.87. The highest BCUT2D eigenvalue weighted by atomic mass is 35.5. The van der Waals surface area contributed by atoms with Crippen LogP contribution in [-0.2, 0) is 16.4 Å². The van der Waals surface area contributed by atoms with E-state index in [1.54, 1.807) is 28.7 Å². The summed E-state index contributed by atoms with van der Waals surface area (Å²) in [6, 6.07) is 23.8. The van der Waals surface area contributed by atoms with Crippen LogP contribution in [0.15, 0.2) is 84.0 Å². The number of benzene rings is 3. The van der Waals surface area contributed by atoms with Gasteiger partial charge in [0.05, 0.1) is 23.3 Å². The summed E-state index contributed by atoms with van der Waals surface area (Å²) in [6.07, 6.45) is 0. The summed E-state index contributed by atoms with van der Waals surface area (Å²) < 4.78 is 41.2. The molecule has 5 rings (SSSR count). The van der Waals surface area contributed by atoms with Gasteiger partial charge in [0, 0.05) is 5.02 Å². The topological polar surface area (TPSA) is 87.7 Å². The van der Waals surface area contributed by atoms with Crippen LogP contribution in [0.25, 0.3) is 16.8 Å². The summed E-state index contributed by atoms with van der Waals surface area (Å²) in [5, 5.41) is 8.71. The van der Waals surface area contributed by atoms with E-state index in [9.17, 15) is 8.42 Å². The fourth-order valence-electron chi connectivity index (χ4n) is 3.72. The van der Waals surface area contributed by atoms with Crippen LogP contribution in [0.1, 0.15) is 0 Å². The molecule has 0 radical (unpaired) electrons. The summed E-state index contributed by atoms with van der Waals surface area (Å²) in [5.41, 5.74) is 1.55. The largest absolute Gasteiger partial charge is 0.493 e. The summed E-state index contributed by atoms with van der Waals surface area (Å²) in [6.45, 7) is 0.842. The average molecular weight is 497 g/mol. The maximum absolute atomic E-state index is 13.1. The van der Waals surface area contributed by atoms with Crippen LogP contribution < -0.4 is 9.47 Å². The number of ether oxygens (including phenoxy) is 2. The average Bonchev–Trinajstić information content (AvgIpc) is 3.41. The molecule has 34 heavy (non-hydrogen) atoms. The predicted octanol–water partition coefficient (Wildman–Crippen LogP) is 4.27. The SMILES string of the molecule is O=S(=O)(CCOc1ccc(Cl)cc1)c1nnc2n(CCOc3ccccc3)c3ccccc3n12. The Morgan fingerprint density at radius 3 is 2.18 bits per heavy atom. The lowest BCUT2D eigenvalue weighted by molar-refractivity contribution is 0.301. The Labute approximate surface area is 201 Å². The maximum atomic E-state index is 13.1. The number of nitrogens with zero attached hydrogens (tertiary/aromatic N) is 4. The molecule has 2 aromatic heterocycles. The van der Waals surface area contributed by atoms with E-state index in [-0.39, 0.29) is 17.5 Å². The van der Waals surface area contributed by atoms with E-state index in [2.05, 4.69) is 10.2 Å². The normalized spacial score (nSPS) is 11.8. The van der Waals surface area contributed by atoms with Crippen LogP contribution in [0.5, 0.6) is 11.5 Å². The van der Waals surface area contributed by atoms with Crippen molar-refractivity contribution in [2.75, 3.05) is 19.0 Å². The molecule has 0 saturated carbocycles. The Bertz CT molecular complexity index is 1530. The molecule has 0 bridgehead atoms. The fraction of sp³-hybridized carbons (Fsp3) is 0.167. The van der Waals surface area contributed by atoms with Crippen molar-refractivity contribution in [1.82, 2.24) is 19.2 Å². The predicted molar refractivity (Wildman–Crippen MR) is 129 cm³/mol. The summed E-state index contributed by atoms with van der Waals surface area (Å²) in [4.78, 5) is 0. The van der Waals surface area contributed by atoms with Crippen molar-refractivity contribution in [3.63, 3.8) is 0 Å². The van der Waals surface area contributed by atoms with Crippen LogP contribution in [0.3, 0.4) is 0 Å². The highest BCUT2D eigenvalue weighted by Gasteiger charge is 2.26. The second kappa shape index (κ2) is 9.36. The number of hydrogen-bond acceptors (Lipinski definition) is 6. The third kappa shape index (κ3) is 4.44. The van der Waals surface area contributed by atoms with Crippen LogP contribution in [0.2, 0.25) is 5.02 Å². The molecule has 0 unspecified atom stereocenters. The molecular formula is C24H21ClN4O4S. The lowest BCUT2D eigenvalue weighted by Gasteiger charge is -2.07. The van der Waals surface area contributed by atoms with Gasteiger partial charge in [-0.1, -0.05) is 41.9 Å². The molecule has 0 saturated heterocycles. The Balaban J connectivity index is 1.40. The van der Waals surface area contributed by atoms with E-state index in [4.69, 9.17) is 21.1 Å². The molecule has 0 spiro atoms. The number of sulfone groups is 1. The number of hydrogen-bond donors (Lipinski definition) is 0. The molecular weight excluding hydrogens is 476 g/mol. The van der Waals surface area contributed by atoms with Crippen molar-refractivity contribution < 1.29 is 17.9 Å². The molecule has 5 aromatic rings. The third-order valence-electron chi connectivity index (χ3n) is 5.31. The molecule has 10 heteroatoms. The van der Waals surface area contributed by atoms with E-state index < -0.39 is 9.84 Å². The van der Waals surface area contributed by atoms with Gasteiger partial charge < -0.3 is 14.0 Å². The quantitative estimate of drug-likeness (QED) is 0.303. The van der Waals surface area contributed by atoms with Crippen molar-refractivity contribution >= 4 is 38.2 Å². The number of fused-ring (bicyclic) bond motifs is 3. The Morgan fingerprint density at radius 1 is 0.765 bits per heavy atom. The monoisotopic (exact) mass is 496 g/mol. The minimum atomic E-state index is -3.77. The van der Waals surface area contributed by atoms with Gasteiger partial charge >= 0.3 is 0 Å². The van der Waals surface area contributed by atoms with Crippen LogP contribution >= 0.6 is 11.6 Å². The number of aromatic nitrogens is 4. The van der Waals surface area contributed by atoms with Crippen LogP contribution in [-0.4, -0.2) is 46.5 Å². The zero-order chi connectivity index (χ0) is 23.5. The minimum Gasteiger partial charge on any atom is -0.493 e. The zero-order valence-corrected chi connectivity index (χ0v) is 19.6. The lowest BCUT2D eigenvalue weighted by atomic mass is 10.3. The van der Waals surface area contributed by atoms with Gasteiger partial charge in [0.1, 0.15) is 24.7 Å². The first-order valence-corrected chi connectivity index (χ1v) is 12.7. The first-order valence-electron chi connectivity index (χ1n) is 10.6. The first kappa shape index (κ1) is 22.2. The lowest BCUT2D eigenvalue weighted by Crippen LogP contribution is -2.16. The van der Waals surface area contributed by atoms with Gasteiger partial charge in [0.2, 0.25) is 15.6 Å². The van der Waals surface area contributed by atoms with Gasteiger partial charge in [0.15, 0.2) is 0 Å². The summed E-state index contributed by atoms with van der Waals surface area (Å²) in [5.74, 6) is 1.50. The highest BCUT2D eigenvalue weighted by molar-refractivity contribution is 7.91. The second-order valence-corrected chi connectivity index (χ2v) is 9.98. The number of halogens is 1. The highest BCUT2D eigenvalue weighted by Crippen LogP contribution is 2.24. The van der Waals surface area contributed by atoms with Gasteiger partial charge in [-0.15, -0.1) is 10.2 Å². The Kier molecular flexibility index (Phi) is 6.12. The van der Waals surface area contributed by atoms with E-state index in [1.165, 1.54) is 0 Å². The van der Waals surface area contributed by atoms with Crippen molar-refractivity contribution in [3.05, 3.63) is 83.9 Å². The fourth-order valence-corrected chi connectivity index (χ4v) is 4.96. The molecule has 0 aliphatic rings. The molecule has 0 N–H and O–H groups in total. The van der Waals surface area contributed by atoms with Crippen LogP contribution in [0, 0.1) is 0 Å². The van der Waals surface area contributed by atoms with E-state index in [0.29, 0.717) is 35.2 Å². The number of imidazole rings is 1. The molecule has 0 amide bonds. The van der Waals surface area contributed by atoms with E-state index in [1.807, 2.05) is 59.2 Å². The first-order chi connectivity index (χ1) is 16.5. The Hall–Kier alpha value is -3.56. The van der Waals surface area contributed by atoms with Crippen LogP contribution in [0.4, 0.5) is 0 Å². The standard InChI is InChI=1S/C24H21ClN4O4S/c25-18-10-12-20(13-11-18)33-16-17-34(30,31)24-27-26-23-28(14-15-32-19-6-2-1-3-7-19)21-8-4-5-9-22(21)29(23)24/h1-13H,14-17H2. The summed E-state index contributed by atoms with van der Waals surface area (Å²) in [7, 11) is -3.77. The van der Waals surface area contributed by atoms with E-state index >= 15 is 0 Å². The molecule has 8 nitrogen and oxygen atoms in total. The molecule has 174 valence electrons. The van der Waals surface area contributed by atoms with Crippen molar-refractivity contribution in [1.29, 1.82) is 0 Å². The third-order valence-corrected chi connectivity index (χ3v) is 7.09. The van der Waals surface area contributed by atoms with Crippen molar-refractivity contribution in [3.8, 4) is 11.5 Å². The van der Waals surface area contributed by atoms with Gasteiger partial charge in [-0.25, -0.2) is 12.8 Å². The van der Waals surface area contributed by atoms with Gasteiger partial charge in [-0.3, -0.25) is 0 Å². The number of para-hydroxylation sites is 3. The Morgan fingerprint density at radius 2 is 1.41 bits per heavy atom. The molecule has 0 fully saturated rings. The molecule has 2 heterocycles. The zero-order valence-electron chi connectivity index (χ0n) is 18.0. The smallest absolute Gasteiger partial charge is 0.256 e. The minimum absolute atomic E-state index is 0.0254. The van der Waals surface area contributed by atoms with Crippen molar-refractivity contribution in [2.24, 2.45) is 0 Å². The molecule has 3 aromatic carbocycles. The molecule has 0 atom stereocenters. The van der Waals surface area contributed by atoms with Gasteiger partial charge in [-0.2, -0.15) is 0 Å². The van der Waals surface area contributed by atoms with Gasteiger partial charge in [-0.05, 0) is 48.5 Å².